The quantitative estimate of drug-likeness (QED) is 0.0287. The Morgan fingerprint density at radius 3 is 2.19 bits per heavy atom. The Bertz CT molecular complexity index is 2850. The average Bonchev–Trinajstić information content (AvgIpc) is 3.80. The molecule has 2 aliphatic heterocycles. The maximum atomic E-state index is 13.8. The SMILES string of the molecule is CCCN(CC(=O)NCC(=O)OC1C(=O)OCc2c1cc1n(c2=O)Cc2cc3cc4c(=O)c4cc3nc2-1)C(=O)[C@H](CC(N)=O)NC(=O)CN(C)CCN(C)CCN(C)CCNC(=O)CNC(=O)CCC(=O)O. The number of rotatable bonds is 27. The van der Waals surface area contributed by atoms with E-state index in [1.54, 1.807) is 37.1 Å². The van der Waals surface area contributed by atoms with Crippen LogP contribution in [0.1, 0.15) is 55.4 Å². The zero-order valence-electron chi connectivity index (χ0n) is 40.5. The largest absolute Gasteiger partial charge is 0.481 e. The number of fused-ring (bicyclic) bond motifs is 6. The fraction of sp³-hybridized carbons (Fsp3) is 0.489. The zero-order chi connectivity index (χ0) is 52.4. The molecule has 25 nitrogen and oxygen atoms in total. The summed E-state index contributed by atoms with van der Waals surface area (Å²) in [6.07, 6.45) is -2.35. The number of hydrogen-bond acceptors (Lipinski definition) is 17. The van der Waals surface area contributed by atoms with Crippen LogP contribution in [-0.4, -0.2) is 187 Å². The molecule has 6 amide bonds. The van der Waals surface area contributed by atoms with Crippen molar-refractivity contribution in [2.45, 2.75) is 57.9 Å². The van der Waals surface area contributed by atoms with E-state index in [-0.39, 0.29) is 62.2 Å². The van der Waals surface area contributed by atoms with Gasteiger partial charge in [0.05, 0.1) is 61.5 Å². The van der Waals surface area contributed by atoms with E-state index in [9.17, 15) is 52.7 Å². The molecule has 4 aromatic rings. The molecule has 0 aliphatic carbocycles. The Kier molecular flexibility index (Phi) is 17.9. The predicted octanol–water partition coefficient (Wildman–Crippen LogP) is -2.94. The fourth-order valence-electron chi connectivity index (χ4n) is 8.14. The van der Waals surface area contributed by atoms with Crippen molar-refractivity contribution in [2.75, 3.05) is 93.1 Å². The van der Waals surface area contributed by atoms with Gasteiger partial charge in [0.25, 0.3) is 5.56 Å². The third-order valence-corrected chi connectivity index (χ3v) is 12.1. The lowest BCUT2D eigenvalue weighted by Gasteiger charge is -2.28. The van der Waals surface area contributed by atoms with E-state index in [2.05, 4.69) is 21.3 Å². The van der Waals surface area contributed by atoms with Crippen LogP contribution >= 0.6 is 0 Å². The fourth-order valence-corrected chi connectivity index (χ4v) is 8.14. The highest BCUT2D eigenvalue weighted by molar-refractivity contribution is 6.06. The normalized spacial score (nSPS) is 14.2. The number of carbonyl (C=O) groups is 9. The molecule has 1 unspecified atom stereocenters. The van der Waals surface area contributed by atoms with E-state index < -0.39 is 90.6 Å². The third kappa shape index (κ3) is 14.0. The van der Waals surface area contributed by atoms with Crippen LogP contribution in [0.4, 0.5) is 0 Å². The number of nitrogens with one attached hydrogen (secondary N) is 4. The lowest BCUT2D eigenvalue weighted by atomic mass is 10.00. The molecule has 386 valence electrons. The van der Waals surface area contributed by atoms with Crippen molar-refractivity contribution in [1.82, 2.24) is 50.4 Å². The molecule has 0 spiro atoms. The number of likely N-dealkylation sites (N-methyl/N-ethyl adjacent to an activating group) is 3. The number of carbonyl (C=O) groups excluding carboxylic acids is 8. The van der Waals surface area contributed by atoms with Crippen LogP contribution in [-0.2, 0) is 65.8 Å². The number of cyclic esters (lactones) is 1. The van der Waals surface area contributed by atoms with Gasteiger partial charge in [0.15, 0.2) is 5.43 Å². The standard InChI is InChI=1S/C47H59N11O14/c1-5-9-57(46(69)33(19-35(48)59)52-39(63)23-56(4)14-13-55(3)12-11-54(2)10-8-49-37(61)20-50-36(60)6-7-40(64)65)24-38(62)51-21-41(66)72-44-30-18-34-42-27(22-58(34)45(68)31(30)25-71-47(44)70)15-26-16-28-29(43(28)67)17-32(26)53-42/h15-18,33,44H,5-14,19-25H2,1-4H3,(H2,48,59)(H,49,61)(H,50,60)(H,51,62)(H,52,63)(H,64,65)/t33-,44?/m0/s1. The topological polar surface area (TPSA) is 331 Å². The number of carboxylic acid groups (broad SMARTS) is 1. The number of carboxylic acids is 1. The molecular formula is C47H59N11O14. The molecule has 2 aliphatic rings. The summed E-state index contributed by atoms with van der Waals surface area (Å²) < 4.78 is 12.2. The average molecular weight is 1000 g/mol. The first-order chi connectivity index (χ1) is 34.2. The summed E-state index contributed by atoms with van der Waals surface area (Å²) in [5, 5.41) is 20.6. The lowest BCUT2D eigenvalue weighted by Crippen LogP contribution is -2.54. The lowest BCUT2D eigenvalue weighted by molar-refractivity contribution is -0.171. The van der Waals surface area contributed by atoms with Crippen LogP contribution in [0.3, 0.4) is 0 Å². The van der Waals surface area contributed by atoms with Crippen molar-refractivity contribution in [2.24, 2.45) is 5.73 Å². The first-order valence-corrected chi connectivity index (χ1v) is 23.3. The second kappa shape index (κ2) is 24.0. The third-order valence-electron chi connectivity index (χ3n) is 12.1. The van der Waals surface area contributed by atoms with Gasteiger partial charge in [0.1, 0.15) is 19.2 Å². The Balaban J connectivity index is 0.943. The van der Waals surface area contributed by atoms with Crippen molar-refractivity contribution in [1.29, 1.82) is 0 Å². The van der Waals surface area contributed by atoms with E-state index in [4.69, 9.17) is 25.3 Å². The molecule has 72 heavy (non-hydrogen) atoms. The van der Waals surface area contributed by atoms with Gasteiger partial charge >= 0.3 is 17.9 Å². The van der Waals surface area contributed by atoms with Gasteiger partial charge in [-0.1, -0.05) is 6.92 Å². The Labute approximate surface area is 412 Å². The number of hydrogen-bond donors (Lipinski definition) is 6. The molecule has 0 radical (unpaired) electrons. The number of nitrogens with zero attached hydrogens (tertiary/aromatic N) is 6. The number of amides is 6. The highest BCUT2D eigenvalue weighted by atomic mass is 16.6. The molecule has 7 N–H and O–H groups in total. The predicted molar refractivity (Wildman–Crippen MR) is 256 cm³/mol. The number of benzene rings is 1. The Hall–Kier alpha value is -7.64. The van der Waals surface area contributed by atoms with Gasteiger partial charge in [-0.05, 0) is 51.8 Å². The highest BCUT2D eigenvalue weighted by Gasteiger charge is 2.38. The molecular weight excluding hydrogens is 943 g/mol. The summed E-state index contributed by atoms with van der Waals surface area (Å²) in [6, 6.07) is 5.45. The number of primary amides is 1. The van der Waals surface area contributed by atoms with E-state index in [0.717, 1.165) is 15.8 Å². The van der Waals surface area contributed by atoms with Crippen LogP contribution in [0.2, 0.25) is 0 Å². The smallest absolute Gasteiger partial charge is 0.352 e. The molecule has 2 aromatic carbocycles. The zero-order valence-corrected chi connectivity index (χ0v) is 40.5. The monoisotopic (exact) mass is 1000 g/mol. The van der Waals surface area contributed by atoms with E-state index >= 15 is 0 Å². The summed E-state index contributed by atoms with van der Waals surface area (Å²) >= 11 is 0. The number of pyridine rings is 2. The molecule has 6 rings (SSSR count). The summed E-state index contributed by atoms with van der Waals surface area (Å²) in [7, 11) is 5.47. The molecule has 0 bridgehead atoms. The molecule has 25 heteroatoms. The Morgan fingerprint density at radius 1 is 0.819 bits per heavy atom. The van der Waals surface area contributed by atoms with Gasteiger partial charge in [-0.2, -0.15) is 0 Å². The van der Waals surface area contributed by atoms with Crippen molar-refractivity contribution < 1.29 is 57.7 Å². The molecule has 0 saturated heterocycles. The molecule has 2 atom stereocenters. The summed E-state index contributed by atoms with van der Waals surface area (Å²) in [6.45, 7) is 3.05. The number of nitrogens with two attached hydrogens (primary N) is 1. The van der Waals surface area contributed by atoms with Gasteiger partial charge in [0, 0.05) is 79.5 Å². The van der Waals surface area contributed by atoms with Crippen LogP contribution in [0.5, 0.6) is 0 Å². The minimum atomic E-state index is -1.64. The van der Waals surface area contributed by atoms with E-state index in [1.165, 1.54) is 4.57 Å². The summed E-state index contributed by atoms with van der Waals surface area (Å²) in [5.74, 6) is -7.03. The van der Waals surface area contributed by atoms with Gasteiger partial charge < -0.3 is 60.8 Å². The molecule has 4 heterocycles. The van der Waals surface area contributed by atoms with Gasteiger partial charge in [0.2, 0.25) is 41.5 Å². The highest BCUT2D eigenvalue weighted by Crippen LogP contribution is 2.37. The van der Waals surface area contributed by atoms with Crippen molar-refractivity contribution in [3.63, 3.8) is 0 Å². The first kappa shape index (κ1) is 53.7. The second-order valence-corrected chi connectivity index (χ2v) is 17.9. The van der Waals surface area contributed by atoms with Gasteiger partial charge in [-0.3, -0.25) is 52.8 Å². The second-order valence-electron chi connectivity index (χ2n) is 17.9. The maximum absolute atomic E-state index is 13.8. The maximum Gasteiger partial charge on any atom is 0.352 e. The molecule has 0 saturated carbocycles. The van der Waals surface area contributed by atoms with Crippen molar-refractivity contribution in [3.05, 3.63) is 61.5 Å². The van der Waals surface area contributed by atoms with Crippen molar-refractivity contribution in [3.8, 4) is 11.4 Å². The van der Waals surface area contributed by atoms with Crippen LogP contribution in [0.25, 0.3) is 33.1 Å². The summed E-state index contributed by atoms with van der Waals surface area (Å²) in [5.41, 5.74) is 7.30. The molecule has 2 aromatic heterocycles. The minimum Gasteiger partial charge on any atom is -0.481 e. The Morgan fingerprint density at radius 2 is 1.50 bits per heavy atom. The van der Waals surface area contributed by atoms with E-state index in [0.29, 0.717) is 73.4 Å². The number of esters is 2. The van der Waals surface area contributed by atoms with Gasteiger partial charge in [-0.25, -0.2) is 9.78 Å². The number of aliphatic carboxylic acids is 1. The van der Waals surface area contributed by atoms with Crippen LogP contribution in [0, 0.1) is 0 Å². The minimum absolute atomic E-state index is 0.0355. The summed E-state index contributed by atoms with van der Waals surface area (Å²) in [4.78, 5) is 150. The number of aromatic nitrogens is 2. The first-order valence-electron chi connectivity index (χ1n) is 23.3. The van der Waals surface area contributed by atoms with Crippen molar-refractivity contribution >= 4 is 75.0 Å². The van der Waals surface area contributed by atoms with Crippen LogP contribution < -0.4 is 38.0 Å². The molecule has 0 fully saturated rings. The van der Waals surface area contributed by atoms with Gasteiger partial charge in [-0.15, -0.1) is 0 Å². The van der Waals surface area contributed by atoms with Crippen LogP contribution in [0.15, 0.2) is 33.9 Å². The number of ether oxygens (including phenoxy) is 2. The van der Waals surface area contributed by atoms with E-state index in [1.807, 2.05) is 30.0 Å².